The Morgan fingerprint density at radius 1 is 0.660 bits per heavy atom. The number of rotatable bonds is 41. The Balaban J connectivity index is 3.73. The highest BCUT2D eigenvalue weighted by atomic mass is 31.2. The summed E-state index contributed by atoms with van der Waals surface area (Å²) in [5.41, 5.74) is 0. The van der Waals surface area contributed by atoms with Crippen molar-refractivity contribution in [2.24, 2.45) is 5.92 Å². The Hall–Kier alpha value is -0.580. The van der Waals surface area contributed by atoms with Crippen LogP contribution in [0.15, 0.2) is 0 Å². The summed E-state index contributed by atoms with van der Waals surface area (Å²) in [7, 11) is -1.25. The van der Waals surface area contributed by atoms with E-state index < -0.39 is 20.7 Å². The summed E-state index contributed by atoms with van der Waals surface area (Å²) in [5.74, 6) is 0.148. The average molecular weight is 738 g/mol. The third-order valence-electron chi connectivity index (χ3n) is 8.26. The SMILES string of the molecule is [2H]OCC(COCCOCCNC(=O)OCC(C)COCCCCCCCCCCCCCCCCCC)OP(OCCC)N(CCC)CCC. The molecule has 2 N–H and O–H groups in total. The maximum atomic E-state index is 12.0. The van der Waals surface area contributed by atoms with Gasteiger partial charge in [0, 0.05) is 32.2 Å². The molecule has 0 aromatic heterocycles. The molecular formula is C39H81N2O8P. The first-order valence-electron chi connectivity index (χ1n) is 21.0. The van der Waals surface area contributed by atoms with Crippen molar-refractivity contribution in [2.45, 2.75) is 163 Å². The molecule has 0 aliphatic heterocycles. The number of carbonyl (C=O) groups is 1. The van der Waals surface area contributed by atoms with E-state index in [0.29, 0.717) is 46.2 Å². The standard InChI is InChI=1S/C39H81N2O8P/c1-6-10-11-12-13-14-15-16-17-18-19-20-21-22-23-24-29-45-34-37(5)35-47-39(43)40-25-30-44-31-32-46-36-38(33-42)49-50(48-28-9-4)41(26-7-2)27-8-3/h37-38,42H,6-36H2,1-5H3,(H,40,43)/i42D. The molecule has 0 rings (SSSR count). The van der Waals surface area contributed by atoms with Crippen LogP contribution < -0.4 is 5.32 Å². The summed E-state index contributed by atoms with van der Waals surface area (Å²) >= 11 is 0. The number of hydrogen-bond donors (Lipinski definition) is 2. The fraction of sp³-hybridized carbons (Fsp3) is 0.974. The number of unbranched alkanes of at least 4 members (excludes halogenated alkanes) is 15. The van der Waals surface area contributed by atoms with Gasteiger partial charge in [0.05, 0.1) is 52.9 Å². The predicted octanol–water partition coefficient (Wildman–Crippen LogP) is 9.81. The summed E-state index contributed by atoms with van der Waals surface area (Å²) in [6.45, 7) is 16.6. The number of aliphatic hydroxyl groups is 1. The molecule has 300 valence electrons. The fourth-order valence-corrected chi connectivity index (χ4v) is 7.19. The zero-order valence-electron chi connectivity index (χ0n) is 34.2. The Kier molecular flexibility index (Phi) is 37.6. The van der Waals surface area contributed by atoms with Crippen molar-refractivity contribution in [3.8, 4) is 0 Å². The summed E-state index contributed by atoms with van der Waals surface area (Å²) in [5, 5.41) is 7.35. The van der Waals surface area contributed by atoms with E-state index in [2.05, 4.69) is 42.8 Å². The van der Waals surface area contributed by atoms with Gasteiger partial charge in [0.25, 0.3) is 8.53 Å². The molecule has 0 aromatic rings. The summed E-state index contributed by atoms with van der Waals surface area (Å²) in [6.07, 6.45) is 23.9. The van der Waals surface area contributed by atoms with Crippen LogP contribution >= 0.6 is 8.53 Å². The maximum Gasteiger partial charge on any atom is 0.407 e. The fourth-order valence-electron chi connectivity index (χ4n) is 5.39. The van der Waals surface area contributed by atoms with Gasteiger partial charge in [-0.2, -0.15) is 0 Å². The highest BCUT2D eigenvalue weighted by Crippen LogP contribution is 2.44. The zero-order chi connectivity index (χ0) is 37.5. The minimum atomic E-state index is -1.25. The first-order valence-corrected chi connectivity index (χ1v) is 21.7. The number of nitrogens with one attached hydrogen (secondary N) is 1. The molecule has 0 fully saturated rings. The van der Waals surface area contributed by atoms with Crippen LogP contribution in [0.25, 0.3) is 0 Å². The molecule has 0 aliphatic rings. The van der Waals surface area contributed by atoms with E-state index >= 15 is 0 Å². The third-order valence-corrected chi connectivity index (χ3v) is 10.0. The van der Waals surface area contributed by atoms with E-state index in [1.807, 2.05) is 6.92 Å². The molecule has 3 unspecified atom stereocenters. The Labute approximate surface area is 311 Å². The molecule has 0 radical (unpaired) electrons. The van der Waals surface area contributed by atoms with Crippen LogP contribution in [0, 0.1) is 5.92 Å². The normalized spacial score (nSPS) is 13.8. The van der Waals surface area contributed by atoms with Crippen molar-refractivity contribution in [1.82, 2.24) is 9.99 Å². The quantitative estimate of drug-likeness (QED) is 0.0468. The number of amides is 1. The minimum absolute atomic E-state index is 0.0948. The van der Waals surface area contributed by atoms with Gasteiger partial charge in [0.1, 0.15) is 6.10 Å². The molecule has 0 saturated heterocycles. The van der Waals surface area contributed by atoms with Crippen LogP contribution in [0.5, 0.6) is 0 Å². The largest absolute Gasteiger partial charge is 0.449 e. The van der Waals surface area contributed by atoms with E-state index in [1.54, 1.807) is 0 Å². The van der Waals surface area contributed by atoms with Crippen molar-refractivity contribution < 1.29 is 37.9 Å². The van der Waals surface area contributed by atoms with Gasteiger partial charge in [0.2, 0.25) is 1.43 Å². The smallest absolute Gasteiger partial charge is 0.407 e. The van der Waals surface area contributed by atoms with E-state index in [1.165, 1.54) is 96.3 Å². The van der Waals surface area contributed by atoms with Crippen LogP contribution in [0.1, 0.15) is 157 Å². The van der Waals surface area contributed by atoms with Crippen molar-refractivity contribution in [3.05, 3.63) is 0 Å². The summed E-state index contributed by atoms with van der Waals surface area (Å²) < 4.78 is 44.2. The van der Waals surface area contributed by atoms with E-state index in [-0.39, 0.29) is 19.1 Å². The Bertz CT molecular complexity index is 712. The van der Waals surface area contributed by atoms with Crippen molar-refractivity contribution >= 4 is 14.6 Å². The Morgan fingerprint density at radius 2 is 1.22 bits per heavy atom. The minimum Gasteiger partial charge on any atom is -0.449 e. The van der Waals surface area contributed by atoms with E-state index in [0.717, 1.165) is 45.4 Å². The lowest BCUT2D eigenvalue weighted by molar-refractivity contribution is -0.00919. The second-order valence-electron chi connectivity index (χ2n) is 13.6. The number of ether oxygens (including phenoxy) is 4. The molecule has 0 aromatic carbocycles. The average Bonchev–Trinajstić information content (AvgIpc) is 3.12. The van der Waals surface area contributed by atoms with Gasteiger partial charge in [-0.05, 0) is 25.7 Å². The summed E-state index contributed by atoms with van der Waals surface area (Å²) in [4.78, 5) is 12.0. The van der Waals surface area contributed by atoms with Gasteiger partial charge in [-0.25, -0.2) is 9.46 Å². The molecule has 50 heavy (non-hydrogen) atoms. The number of hydrogen-bond acceptors (Lipinski definition) is 9. The highest BCUT2D eigenvalue weighted by Gasteiger charge is 2.24. The number of aliphatic hydroxyl groups excluding tert-OH is 1. The molecule has 0 bridgehead atoms. The second-order valence-corrected chi connectivity index (χ2v) is 15.1. The molecule has 10 nitrogen and oxygen atoms in total. The number of nitrogens with zero attached hydrogens (tertiary/aromatic N) is 1. The molecule has 3 atom stereocenters. The lowest BCUT2D eigenvalue weighted by Gasteiger charge is -2.31. The van der Waals surface area contributed by atoms with Crippen molar-refractivity contribution in [2.75, 3.05) is 79.1 Å². The van der Waals surface area contributed by atoms with Crippen LogP contribution in [0.3, 0.4) is 0 Å². The molecule has 11 heteroatoms. The monoisotopic (exact) mass is 738 g/mol. The van der Waals surface area contributed by atoms with Gasteiger partial charge >= 0.3 is 6.09 Å². The lowest BCUT2D eigenvalue weighted by atomic mass is 10.0. The Morgan fingerprint density at radius 3 is 1.78 bits per heavy atom. The van der Waals surface area contributed by atoms with Crippen LogP contribution in [0.2, 0.25) is 0 Å². The van der Waals surface area contributed by atoms with Crippen LogP contribution in [-0.4, -0.2) is 103 Å². The molecule has 0 heterocycles. The first kappa shape index (κ1) is 47.4. The topological polar surface area (TPSA) is 108 Å². The van der Waals surface area contributed by atoms with Gasteiger partial charge in [0.15, 0.2) is 0 Å². The third kappa shape index (κ3) is 33.3. The van der Waals surface area contributed by atoms with E-state index in [4.69, 9.17) is 29.4 Å². The highest BCUT2D eigenvalue weighted by molar-refractivity contribution is 7.44. The molecule has 0 aliphatic carbocycles. The van der Waals surface area contributed by atoms with Gasteiger partial charge in [-0.15, -0.1) is 0 Å². The van der Waals surface area contributed by atoms with Crippen molar-refractivity contribution in [1.29, 1.82) is 1.43 Å². The van der Waals surface area contributed by atoms with Crippen LogP contribution in [-0.2, 0) is 28.0 Å². The number of carbonyl (C=O) groups excluding carboxylic acids is 1. The molecule has 0 saturated carbocycles. The van der Waals surface area contributed by atoms with Crippen molar-refractivity contribution in [3.63, 3.8) is 0 Å². The second kappa shape index (κ2) is 39.6. The van der Waals surface area contributed by atoms with Crippen LogP contribution in [0.4, 0.5) is 4.79 Å². The maximum absolute atomic E-state index is 12.0. The molecule has 0 spiro atoms. The predicted molar refractivity (Wildman–Crippen MR) is 208 cm³/mol. The van der Waals surface area contributed by atoms with Gasteiger partial charge in [-0.1, -0.05) is 131 Å². The van der Waals surface area contributed by atoms with Gasteiger partial charge < -0.3 is 38.4 Å². The zero-order valence-corrected chi connectivity index (χ0v) is 34.1. The first-order chi connectivity index (χ1) is 25.0. The van der Waals surface area contributed by atoms with Gasteiger partial charge in [-0.3, -0.25) is 0 Å². The molecular weight excluding hydrogens is 655 g/mol. The lowest BCUT2D eigenvalue weighted by Crippen LogP contribution is -2.30. The van der Waals surface area contributed by atoms with E-state index in [9.17, 15) is 4.79 Å². The number of alkyl carbamates (subject to hydrolysis) is 1. The summed E-state index contributed by atoms with van der Waals surface area (Å²) in [6, 6.07) is 0. The molecule has 1 amide bonds.